The van der Waals surface area contributed by atoms with Gasteiger partial charge in [-0.25, -0.2) is 8.42 Å². The summed E-state index contributed by atoms with van der Waals surface area (Å²) >= 11 is 12.3. The summed E-state index contributed by atoms with van der Waals surface area (Å²) < 4.78 is 26.7. The molecule has 7 nitrogen and oxygen atoms in total. The highest BCUT2D eigenvalue weighted by Crippen LogP contribution is 2.29. The molecule has 1 unspecified atom stereocenters. The Labute approximate surface area is 230 Å². The zero-order chi connectivity index (χ0) is 27.2. The molecule has 1 saturated carbocycles. The van der Waals surface area contributed by atoms with Crippen molar-refractivity contribution < 1.29 is 18.0 Å². The molecule has 0 radical (unpaired) electrons. The van der Waals surface area contributed by atoms with E-state index in [1.165, 1.54) is 4.90 Å². The van der Waals surface area contributed by atoms with Crippen molar-refractivity contribution in [2.45, 2.75) is 71.0 Å². The van der Waals surface area contributed by atoms with Crippen molar-refractivity contribution in [2.24, 2.45) is 0 Å². The number of hydrogen-bond acceptors (Lipinski definition) is 4. The zero-order valence-corrected chi connectivity index (χ0v) is 23.9. The molecule has 1 N–H and O–H groups in total. The molecule has 10 heteroatoms. The molecule has 2 aromatic rings. The van der Waals surface area contributed by atoms with Crippen LogP contribution in [0.1, 0.15) is 56.6 Å². The van der Waals surface area contributed by atoms with Crippen LogP contribution in [0.2, 0.25) is 10.0 Å². The molecule has 1 atom stereocenters. The van der Waals surface area contributed by atoms with E-state index >= 15 is 0 Å². The number of benzene rings is 2. The lowest BCUT2D eigenvalue weighted by atomic mass is 9.95. The zero-order valence-electron chi connectivity index (χ0n) is 21.5. The van der Waals surface area contributed by atoms with Gasteiger partial charge in [-0.1, -0.05) is 67.6 Å². The smallest absolute Gasteiger partial charge is 0.244 e. The third-order valence-corrected chi connectivity index (χ3v) is 8.58. The van der Waals surface area contributed by atoms with Gasteiger partial charge in [-0.15, -0.1) is 0 Å². The monoisotopic (exact) mass is 567 g/mol. The first kappa shape index (κ1) is 29.3. The van der Waals surface area contributed by atoms with E-state index in [4.69, 9.17) is 23.2 Å². The number of halogens is 2. The predicted octanol–water partition coefficient (Wildman–Crippen LogP) is 5.32. The highest BCUT2D eigenvalue weighted by atomic mass is 35.5. The molecule has 37 heavy (non-hydrogen) atoms. The predicted molar refractivity (Wildman–Crippen MR) is 149 cm³/mol. The van der Waals surface area contributed by atoms with Gasteiger partial charge in [0.2, 0.25) is 21.8 Å². The molecule has 202 valence electrons. The molecule has 0 heterocycles. The molecule has 2 aromatic carbocycles. The van der Waals surface area contributed by atoms with Crippen LogP contribution in [0.4, 0.5) is 5.69 Å². The molecule has 3 rings (SSSR count). The maximum absolute atomic E-state index is 13.8. The molecule has 0 spiro atoms. The number of nitrogens with zero attached hydrogens (tertiary/aromatic N) is 2. The second-order valence-corrected chi connectivity index (χ2v) is 12.3. The van der Waals surface area contributed by atoms with Gasteiger partial charge in [-0.2, -0.15) is 0 Å². The average Bonchev–Trinajstić information content (AvgIpc) is 2.85. The fourth-order valence-electron chi connectivity index (χ4n) is 4.71. The minimum Gasteiger partial charge on any atom is -0.352 e. The third-order valence-electron chi connectivity index (χ3n) is 6.79. The Morgan fingerprint density at radius 2 is 1.70 bits per heavy atom. The third kappa shape index (κ3) is 7.85. The van der Waals surface area contributed by atoms with Crippen molar-refractivity contribution in [3.05, 3.63) is 63.6 Å². The van der Waals surface area contributed by atoms with Crippen LogP contribution < -0.4 is 9.62 Å². The summed E-state index contributed by atoms with van der Waals surface area (Å²) in [4.78, 5) is 28.7. The molecule has 0 aliphatic heterocycles. The first-order valence-electron chi connectivity index (χ1n) is 12.6. The van der Waals surface area contributed by atoms with E-state index in [2.05, 4.69) is 5.32 Å². The lowest BCUT2D eigenvalue weighted by Gasteiger charge is -2.34. The van der Waals surface area contributed by atoms with Crippen LogP contribution in [0.25, 0.3) is 0 Å². The molecule has 0 aromatic heterocycles. The van der Waals surface area contributed by atoms with Gasteiger partial charge >= 0.3 is 0 Å². The van der Waals surface area contributed by atoms with Crippen LogP contribution in [0.3, 0.4) is 0 Å². The van der Waals surface area contributed by atoms with E-state index in [1.807, 2.05) is 6.92 Å². The quantitative estimate of drug-likeness (QED) is 0.420. The van der Waals surface area contributed by atoms with Gasteiger partial charge in [0.05, 0.1) is 11.9 Å². The average molecular weight is 569 g/mol. The van der Waals surface area contributed by atoms with Gasteiger partial charge in [0.15, 0.2) is 0 Å². The summed E-state index contributed by atoms with van der Waals surface area (Å²) in [6, 6.07) is 11.3. The summed E-state index contributed by atoms with van der Waals surface area (Å²) in [7, 11) is -3.83. The van der Waals surface area contributed by atoms with Crippen LogP contribution in [0.5, 0.6) is 0 Å². The number of sulfonamides is 1. The Balaban J connectivity index is 1.93. The first-order valence-corrected chi connectivity index (χ1v) is 15.2. The van der Waals surface area contributed by atoms with Crippen molar-refractivity contribution >= 4 is 50.7 Å². The standard InChI is InChI=1S/C27H35Cl2N3O4S/c1-4-24(27(34)30-22-9-6-5-7-10-22)31(17-20-13-15-21(28)16-14-20)26(33)18-32(37(3,35)36)25-12-8-11-23(29)19(25)2/h8,11-16,22,24H,4-7,9-10,17-18H2,1-3H3,(H,30,34). The number of amides is 2. The van der Waals surface area contributed by atoms with E-state index in [0.29, 0.717) is 27.7 Å². The molecule has 0 saturated heterocycles. The Morgan fingerprint density at radius 1 is 1.05 bits per heavy atom. The Morgan fingerprint density at radius 3 is 2.30 bits per heavy atom. The minimum absolute atomic E-state index is 0.0874. The number of rotatable bonds is 10. The molecular formula is C27H35Cl2N3O4S. The highest BCUT2D eigenvalue weighted by molar-refractivity contribution is 7.92. The Kier molecular flexibility index (Phi) is 10.3. The summed E-state index contributed by atoms with van der Waals surface area (Å²) in [5.74, 6) is -0.702. The van der Waals surface area contributed by atoms with Crippen LogP contribution >= 0.6 is 23.2 Å². The molecule has 0 bridgehead atoms. The van der Waals surface area contributed by atoms with Crippen molar-refractivity contribution in [3.8, 4) is 0 Å². The van der Waals surface area contributed by atoms with Crippen LogP contribution in [-0.2, 0) is 26.2 Å². The van der Waals surface area contributed by atoms with Crippen molar-refractivity contribution in [3.63, 3.8) is 0 Å². The van der Waals surface area contributed by atoms with Gasteiger partial charge < -0.3 is 10.2 Å². The van der Waals surface area contributed by atoms with Gasteiger partial charge in [-0.05, 0) is 61.6 Å². The van der Waals surface area contributed by atoms with Crippen LogP contribution in [-0.4, -0.2) is 50.0 Å². The number of nitrogens with one attached hydrogen (secondary N) is 1. The number of carbonyl (C=O) groups excluding carboxylic acids is 2. The molecule has 1 aliphatic rings. The van der Waals surface area contributed by atoms with Crippen molar-refractivity contribution in [1.82, 2.24) is 10.2 Å². The SMILES string of the molecule is CCC(C(=O)NC1CCCCC1)N(Cc1ccc(Cl)cc1)C(=O)CN(c1cccc(Cl)c1C)S(C)(=O)=O. The second-order valence-electron chi connectivity index (χ2n) is 9.57. The topological polar surface area (TPSA) is 86.8 Å². The molecular weight excluding hydrogens is 533 g/mol. The molecule has 2 amide bonds. The van der Waals surface area contributed by atoms with Gasteiger partial charge in [0.1, 0.15) is 12.6 Å². The molecule has 1 fully saturated rings. The van der Waals surface area contributed by atoms with Crippen molar-refractivity contribution in [1.29, 1.82) is 0 Å². The number of hydrogen-bond donors (Lipinski definition) is 1. The van der Waals surface area contributed by atoms with Gasteiger partial charge in [0, 0.05) is 22.6 Å². The van der Waals surface area contributed by atoms with Crippen LogP contribution in [0, 0.1) is 6.92 Å². The fraction of sp³-hybridized carbons (Fsp3) is 0.481. The van der Waals surface area contributed by atoms with E-state index in [1.54, 1.807) is 49.4 Å². The maximum atomic E-state index is 13.8. The van der Waals surface area contributed by atoms with Crippen LogP contribution in [0.15, 0.2) is 42.5 Å². The van der Waals surface area contributed by atoms with E-state index in [9.17, 15) is 18.0 Å². The van der Waals surface area contributed by atoms with E-state index in [-0.39, 0.29) is 18.5 Å². The summed E-state index contributed by atoms with van der Waals surface area (Å²) in [6.45, 7) is 3.24. The van der Waals surface area contributed by atoms with E-state index < -0.39 is 28.5 Å². The lowest BCUT2D eigenvalue weighted by Crippen LogP contribution is -2.54. The van der Waals surface area contributed by atoms with Gasteiger partial charge in [0.25, 0.3) is 0 Å². The normalized spacial score (nSPS) is 15.2. The van der Waals surface area contributed by atoms with E-state index in [0.717, 1.165) is 48.2 Å². The fourth-order valence-corrected chi connectivity index (χ4v) is 5.91. The number of anilines is 1. The maximum Gasteiger partial charge on any atom is 0.244 e. The lowest BCUT2D eigenvalue weighted by molar-refractivity contribution is -0.140. The number of carbonyl (C=O) groups is 2. The highest BCUT2D eigenvalue weighted by Gasteiger charge is 2.33. The summed E-state index contributed by atoms with van der Waals surface area (Å²) in [5, 5.41) is 4.09. The largest absolute Gasteiger partial charge is 0.352 e. The Hall–Kier alpha value is -2.29. The van der Waals surface area contributed by atoms with Gasteiger partial charge in [-0.3, -0.25) is 13.9 Å². The summed E-state index contributed by atoms with van der Waals surface area (Å²) in [5.41, 5.74) is 1.66. The Bertz CT molecular complexity index is 1200. The summed E-state index contributed by atoms with van der Waals surface area (Å²) in [6.07, 6.45) is 6.57. The first-order chi connectivity index (χ1) is 17.5. The molecule has 1 aliphatic carbocycles. The second kappa shape index (κ2) is 13.0. The van der Waals surface area contributed by atoms with Crippen molar-refractivity contribution in [2.75, 3.05) is 17.1 Å². The minimum atomic E-state index is -3.83.